The van der Waals surface area contributed by atoms with Crippen LogP contribution in [0.2, 0.25) is 0 Å². The molecule has 1 unspecified atom stereocenters. The molecule has 14 heavy (non-hydrogen) atoms. The second kappa shape index (κ2) is 3.28. The largest absolute Gasteiger partial charge is 0.488 e. The van der Waals surface area contributed by atoms with E-state index in [0.717, 1.165) is 12.3 Å². The number of ether oxygens (including phenoxy) is 1. The van der Waals surface area contributed by atoms with Gasteiger partial charge in [0, 0.05) is 12.6 Å². The minimum absolute atomic E-state index is 0.112. The lowest BCUT2D eigenvalue weighted by Crippen LogP contribution is -2.22. The Bertz CT molecular complexity index is 306. The third-order valence-electron chi connectivity index (χ3n) is 2.11. The van der Waals surface area contributed by atoms with Gasteiger partial charge in [-0.1, -0.05) is 12.1 Å². The lowest BCUT2D eigenvalue weighted by Gasteiger charge is -2.21. The monoisotopic (exact) mass is 191 g/mol. The predicted octanol–water partition coefficient (Wildman–Crippen LogP) is 2.51. The van der Waals surface area contributed by atoms with Crippen molar-refractivity contribution in [3.63, 3.8) is 0 Å². The van der Waals surface area contributed by atoms with Crippen LogP contribution in [-0.2, 0) is 0 Å². The third-order valence-corrected chi connectivity index (χ3v) is 2.11. The van der Waals surface area contributed by atoms with Gasteiger partial charge in [-0.2, -0.15) is 0 Å². The summed E-state index contributed by atoms with van der Waals surface area (Å²) in [6, 6.07) is 8.93. The fraction of sp³-hybridized carbons (Fsp3) is 0.500. The van der Waals surface area contributed by atoms with E-state index in [1.54, 1.807) is 0 Å². The predicted molar refractivity (Wildman–Crippen MR) is 57.6 cm³/mol. The summed E-state index contributed by atoms with van der Waals surface area (Å²) >= 11 is 0. The van der Waals surface area contributed by atoms with Gasteiger partial charge < -0.3 is 10.1 Å². The van der Waals surface area contributed by atoms with Gasteiger partial charge in [0.2, 0.25) is 0 Å². The van der Waals surface area contributed by atoms with Gasteiger partial charge in [-0.3, -0.25) is 0 Å². The summed E-state index contributed by atoms with van der Waals surface area (Å²) in [6.07, 6.45) is 0. The number of hydrogen-bond acceptors (Lipinski definition) is 2. The average molecular weight is 191 g/mol. The van der Waals surface area contributed by atoms with E-state index in [9.17, 15) is 0 Å². The van der Waals surface area contributed by atoms with Crippen LogP contribution in [-0.4, -0.2) is 12.1 Å². The molecule has 1 aromatic carbocycles. The molecule has 1 aliphatic rings. The maximum Gasteiger partial charge on any atom is 0.120 e. The smallest absolute Gasteiger partial charge is 0.120 e. The van der Waals surface area contributed by atoms with E-state index in [1.807, 2.05) is 12.1 Å². The SMILES string of the molecule is CC(C)(C)Oc1ccc(C2CN2)cc1. The van der Waals surface area contributed by atoms with Gasteiger partial charge >= 0.3 is 0 Å². The van der Waals surface area contributed by atoms with Crippen LogP contribution in [0.25, 0.3) is 0 Å². The molecule has 1 N–H and O–H groups in total. The molecule has 0 saturated carbocycles. The first-order valence-corrected chi connectivity index (χ1v) is 5.07. The average Bonchev–Trinajstić information content (AvgIpc) is 2.85. The van der Waals surface area contributed by atoms with Crippen molar-refractivity contribution in [2.24, 2.45) is 0 Å². The molecule has 0 aromatic heterocycles. The first kappa shape index (κ1) is 9.53. The number of hydrogen-bond donors (Lipinski definition) is 1. The first-order valence-electron chi connectivity index (χ1n) is 5.07. The molecule has 0 spiro atoms. The molecule has 1 aromatic rings. The molecule has 2 rings (SSSR count). The highest BCUT2D eigenvalue weighted by Crippen LogP contribution is 2.25. The number of benzene rings is 1. The van der Waals surface area contributed by atoms with E-state index >= 15 is 0 Å². The molecule has 1 heterocycles. The van der Waals surface area contributed by atoms with Crippen molar-refractivity contribution in [2.45, 2.75) is 32.4 Å². The Hall–Kier alpha value is -1.02. The van der Waals surface area contributed by atoms with Crippen molar-refractivity contribution >= 4 is 0 Å². The lowest BCUT2D eigenvalue weighted by atomic mass is 10.1. The van der Waals surface area contributed by atoms with E-state index < -0.39 is 0 Å². The molecule has 0 aliphatic carbocycles. The molecule has 0 bridgehead atoms. The van der Waals surface area contributed by atoms with E-state index in [-0.39, 0.29) is 5.60 Å². The number of rotatable bonds is 2. The van der Waals surface area contributed by atoms with Gasteiger partial charge in [0.15, 0.2) is 0 Å². The summed E-state index contributed by atoms with van der Waals surface area (Å²) < 4.78 is 5.74. The van der Waals surface area contributed by atoms with Crippen molar-refractivity contribution < 1.29 is 4.74 Å². The molecule has 1 saturated heterocycles. The van der Waals surface area contributed by atoms with Crippen molar-refractivity contribution in [3.05, 3.63) is 29.8 Å². The zero-order chi connectivity index (χ0) is 10.2. The highest BCUT2D eigenvalue weighted by atomic mass is 16.5. The summed E-state index contributed by atoms with van der Waals surface area (Å²) in [5, 5.41) is 3.28. The van der Waals surface area contributed by atoms with Crippen molar-refractivity contribution in [3.8, 4) is 5.75 Å². The molecular weight excluding hydrogens is 174 g/mol. The van der Waals surface area contributed by atoms with Gasteiger partial charge in [0.1, 0.15) is 11.4 Å². The zero-order valence-corrected chi connectivity index (χ0v) is 9.00. The van der Waals surface area contributed by atoms with Gasteiger partial charge in [-0.15, -0.1) is 0 Å². The maximum atomic E-state index is 5.74. The van der Waals surface area contributed by atoms with Crippen molar-refractivity contribution in [1.29, 1.82) is 0 Å². The minimum Gasteiger partial charge on any atom is -0.488 e. The zero-order valence-electron chi connectivity index (χ0n) is 9.00. The Balaban J connectivity index is 2.06. The molecule has 2 heteroatoms. The Labute approximate surface area is 85.3 Å². The van der Waals surface area contributed by atoms with Crippen LogP contribution >= 0.6 is 0 Å². The fourth-order valence-electron chi connectivity index (χ4n) is 1.42. The lowest BCUT2D eigenvalue weighted by molar-refractivity contribution is 0.131. The highest BCUT2D eigenvalue weighted by Gasteiger charge is 2.22. The quantitative estimate of drug-likeness (QED) is 0.728. The Kier molecular flexibility index (Phi) is 2.23. The minimum atomic E-state index is -0.112. The van der Waals surface area contributed by atoms with E-state index in [0.29, 0.717) is 6.04 Å². The van der Waals surface area contributed by atoms with Gasteiger partial charge in [-0.25, -0.2) is 0 Å². The standard InChI is InChI=1S/C12H17NO/c1-12(2,3)14-10-6-4-9(5-7-10)11-8-13-11/h4-7,11,13H,8H2,1-3H3. The summed E-state index contributed by atoms with van der Waals surface area (Å²) in [4.78, 5) is 0. The summed E-state index contributed by atoms with van der Waals surface area (Å²) in [7, 11) is 0. The second-order valence-electron chi connectivity index (χ2n) is 4.74. The van der Waals surface area contributed by atoms with Gasteiger partial charge in [0.25, 0.3) is 0 Å². The topological polar surface area (TPSA) is 31.2 Å². The van der Waals surface area contributed by atoms with Crippen LogP contribution in [0.15, 0.2) is 24.3 Å². The van der Waals surface area contributed by atoms with Crippen LogP contribution in [0.3, 0.4) is 0 Å². The Morgan fingerprint density at radius 3 is 2.21 bits per heavy atom. The van der Waals surface area contributed by atoms with Crippen molar-refractivity contribution in [2.75, 3.05) is 6.54 Å². The fourth-order valence-corrected chi connectivity index (χ4v) is 1.42. The molecule has 76 valence electrons. The van der Waals surface area contributed by atoms with Crippen LogP contribution in [0.1, 0.15) is 32.4 Å². The summed E-state index contributed by atoms with van der Waals surface area (Å²) in [5.41, 5.74) is 1.24. The molecule has 2 nitrogen and oxygen atoms in total. The maximum absolute atomic E-state index is 5.74. The normalized spacial score (nSPS) is 20.6. The van der Waals surface area contributed by atoms with E-state index in [1.165, 1.54) is 5.56 Å². The van der Waals surface area contributed by atoms with Crippen LogP contribution in [0.4, 0.5) is 0 Å². The Morgan fingerprint density at radius 1 is 1.21 bits per heavy atom. The first-order chi connectivity index (χ1) is 6.54. The van der Waals surface area contributed by atoms with E-state index in [2.05, 4.69) is 38.2 Å². The van der Waals surface area contributed by atoms with Crippen molar-refractivity contribution in [1.82, 2.24) is 5.32 Å². The van der Waals surface area contributed by atoms with Gasteiger partial charge in [0.05, 0.1) is 0 Å². The molecule has 1 fully saturated rings. The van der Waals surface area contributed by atoms with Crippen LogP contribution < -0.4 is 10.1 Å². The summed E-state index contributed by atoms with van der Waals surface area (Å²) in [6.45, 7) is 7.29. The van der Waals surface area contributed by atoms with Crippen LogP contribution in [0, 0.1) is 0 Å². The molecule has 0 amide bonds. The molecule has 1 aliphatic heterocycles. The molecule has 1 atom stereocenters. The molecular formula is C12H17NO. The number of nitrogens with one attached hydrogen (secondary N) is 1. The second-order valence-corrected chi connectivity index (χ2v) is 4.74. The van der Waals surface area contributed by atoms with Gasteiger partial charge in [-0.05, 0) is 38.5 Å². The van der Waals surface area contributed by atoms with E-state index in [4.69, 9.17) is 4.74 Å². The molecule has 0 radical (unpaired) electrons. The van der Waals surface area contributed by atoms with Crippen LogP contribution in [0.5, 0.6) is 5.75 Å². The summed E-state index contributed by atoms with van der Waals surface area (Å²) in [5.74, 6) is 0.946. The Morgan fingerprint density at radius 2 is 1.79 bits per heavy atom. The highest BCUT2D eigenvalue weighted by molar-refractivity contribution is 5.31. The third kappa shape index (κ3) is 2.48.